The Morgan fingerprint density at radius 1 is 1.19 bits per heavy atom. The Morgan fingerprint density at radius 3 is 2.65 bits per heavy atom. The Morgan fingerprint density at radius 2 is 1.94 bits per heavy atom. The van der Waals surface area contributed by atoms with Crippen LogP contribution in [0.4, 0.5) is 0 Å². The monoisotopic (exact) mass is 427 g/mol. The highest BCUT2D eigenvalue weighted by Crippen LogP contribution is 2.20. The average molecular weight is 428 g/mol. The molecule has 1 aromatic carbocycles. The minimum Gasteiger partial charge on any atom is -0.480 e. The van der Waals surface area contributed by atoms with E-state index in [-0.39, 0.29) is 18.9 Å². The number of aromatic amines is 1. The number of benzene rings is 1. The summed E-state index contributed by atoms with van der Waals surface area (Å²) in [5.74, 6) is -2.07. The Bertz CT molecular complexity index is 935. The Balaban J connectivity index is 1.75. The van der Waals surface area contributed by atoms with Gasteiger partial charge in [-0.25, -0.2) is 4.79 Å². The summed E-state index contributed by atoms with van der Waals surface area (Å²) in [7, 11) is 0. The Kier molecular flexibility index (Phi) is 7.91. The van der Waals surface area contributed by atoms with E-state index in [0.29, 0.717) is 12.6 Å². The van der Waals surface area contributed by atoms with Crippen molar-refractivity contribution in [2.75, 3.05) is 13.1 Å². The molecule has 3 rings (SSSR count). The molecule has 0 saturated carbocycles. The van der Waals surface area contributed by atoms with Gasteiger partial charge in [0.15, 0.2) is 5.78 Å². The second kappa shape index (κ2) is 10.8. The number of amides is 1. The normalized spacial score (nSPS) is 16.5. The largest absolute Gasteiger partial charge is 0.480 e. The van der Waals surface area contributed by atoms with E-state index in [0.717, 1.165) is 42.4 Å². The summed E-state index contributed by atoms with van der Waals surface area (Å²) in [5, 5.41) is 26.8. The van der Waals surface area contributed by atoms with Gasteiger partial charge in [-0.05, 0) is 50.4 Å². The van der Waals surface area contributed by atoms with Crippen molar-refractivity contribution in [3.63, 3.8) is 0 Å². The quantitative estimate of drug-likeness (QED) is 0.295. The molecule has 0 radical (unpaired) electrons. The molecule has 31 heavy (non-hydrogen) atoms. The highest BCUT2D eigenvalue weighted by atomic mass is 16.4. The average Bonchev–Trinajstić information content (AvgIpc) is 3.19. The highest BCUT2D eigenvalue weighted by Gasteiger charge is 2.28. The van der Waals surface area contributed by atoms with E-state index >= 15 is 0 Å². The Labute approximate surface area is 180 Å². The molecule has 6 N–H and O–H groups in total. The summed E-state index contributed by atoms with van der Waals surface area (Å²) in [6, 6.07) is 6.20. The van der Waals surface area contributed by atoms with Crippen LogP contribution < -0.4 is 16.0 Å². The molecule has 1 aliphatic rings. The molecule has 0 bridgehead atoms. The third-order valence-corrected chi connectivity index (χ3v) is 5.65. The van der Waals surface area contributed by atoms with Crippen LogP contribution in [0, 0.1) is 5.41 Å². The van der Waals surface area contributed by atoms with Crippen molar-refractivity contribution in [2.45, 2.75) is 50.2 Å². The van der Waals surface area contributed by atoms with Gasteiger partial charge in [-0.15, -0.1) is 0 Å². The lowest BCUT2D eigenvalue weighted by molar-refractivity contribution is -0.142. The molecular formula is C22H29N5O4. The third kappa shape index (κ3) is 6.22. The highest BCUT2D eigenvalue weighted by molar-refractivity contribution is 6.26. The zero-order valence-electron chi connectivity index (χ0n) is 17.3. The van der Waals surface area contributed by atoms with Crippen molar-refractivity contribution in [1.82, 2.24) is 20.9 Å². The molecule has 9 heteroatoms. The van der Waals surface area contributed by atoms with Gasteiger partial charge in [0.05, 0.1) is 12.3 Å². The summed E-state index contributed by atoms with van der Waals surface area (Å²) in [4.78, 5) is 39.3. The zero-order valence-corrected chi connectivity index (χ0v) is 17.3. The van der Waals surface area contributed by atoms with Gasteiger partial charge >= 0.3 is 5.97 Å². The molecule has 1 aromatic heterocycles. The number of carbonyl (C=O) groups is 3. The van der Waals surface area contributed by atoms with Crippen LogP contribution in [0.15, 0.2) is 30.5 Å². The number of ketones is 1. The summed E-state index contributed by atoms with van der Waals surface area (Å²) in [5.41, 5.74) is 1.95. The van der Waals surface area contributed by atoms with Crippen molar-refractivity contribution >= 4 is 34.8 Å². The smallest absolute Gasteiger partial charge is 0.326 e. The van der Waals surface area contributed by atoms with Gasteiger partial charge in [0.1, 0.15) is 6.04 Å². The van der Waals surface area contributed by atoms with Crippen LogP contribution in [0.25, 0.3) is 10.9 Å². The number of Topliss-reactive ketones (excluding diaryl/α,β-unsaturated/α-hetero) is 1. The van der Waals surface area contributed by atoms with Crippen molar-refractivity contribution in [1.29, 1.82) is 5.41 Å². The lowest BCUT2D eigenvalue weighted by Gasteiger charge is -2.29. The van der Waals surface area contributed by atoms with Gasteiger partial charge in [-0.2, -0.15) is 0 Å². The van der Waals surface area contributed by atoms with Gasteiger partial charge in [0.25, 0.3) is 0 Å². The van der Waals surface area contributed by atoms with Crippen molar-refractivity contribution in [3.8, 4) is 0 Å². The van der Waals surface area contributed by atoms with Crippen LogP contribution in [-0.4, -0.2) is 65.2 Å². The number of hydrogen-bond acceptors (Lipinski definition) is 6. The summed E-state index contributed by atoms with van der Waals surface area (Å²) < 4.78 is 0. The molecule has 2 aromatic rings. The van der Waals surface area contributed by atoms with Gasteiger partial charge in [-0.1, -0.05) is 18.2 Å². The zero-order chi connectivity index (χ0) is 22.2. The lowest BCUT2D eigenvalue weighted by atomic mass is 10.00. The van der Waals surface area contributed by atoms with E-state index in [1.807, 2.05) is 30.5 Å². The SMILES string of the molecule is N=CC(=O)CC[C@H](NC(=O)[C@H](Cc1c[nH]c2ccccc12)NC1CCNCC1)C(=O)O. The second-order valence-corrected chi connectivity index (χ2v) is 7.86. The molecule has 166 valence electrons. The van der Waals surface area contributed by atoms with E-state index in [1.54, 1.807) is 0 Å². The van der Waals surface area contributed by atoms with Crippen molar-refractivity contribution in [2.24, 2.45) is 0 Å². The third-order valence-electron chi connectivity index (χ3n) is 5.65. The van der Waals surface area contributed by atoms with Crippen LogP contribution in [-0.2, 0) is 20.8 Å². The maximum atomic E-state index is 13.1. The number of para-hydroxylation sites is 1. The van der Waals surface area contributed by atoms with E-state index in [9.17, 15) is 19.5 Å². The van der Waals surface area contributed by atoms with Crippen molar-refractivity contribution < 1.29 is 19.5 Å². The van der Waals surface area contributed by atoms with E-state index in [1.165, 1.54) is 0 Å². The van der Waals surface area contributed by atoms with Crippen LogP contribution in [0.3, 0.4) is 0 Å². The van der Waals surface area contributed by atoms with Crippen LogP contribution >= 0.6 is 0 Å². The molecule has 9 nitrogen and oxygen atoms in total. The molecule has 0 spiro atoms. The topological polar surface area (TPSA) is 147 Å². The number of piperidine rings is 1. The second-order valence-electron chi connectivity index (χ2n) is 7.86. The number of hydrogen-bond donors (Lipinski definition) is 6. The minimum absolute atomic E-state index is 0.0531. The van der Waals surface area contributed by atoms with E-state index in [4.69, 9.17) is 5.41 Å². The first-order chi connectivity index (χ1) is 15.0. The first-order valence-electron chi connectivity index (χ1n) is 10.6. The summed E-state index contributed by atoms with van der Waals surface area (Å²) in [6.07, 6.45) is 4.57. The van der Waals surface area contributed by atoms with Crippen LogP contribution in [0.2, 0.25) is 0 Å². The number of carbonyl (C=O) groups excluding carboxylic acids is 2. The standard InChI is InChI=1S/C22H29N5O4/c23-12-16(28)5-6-19(22(30)31)27-21(29)20(26-15-7-9-24-10-8-15)11-14-13-25-18-4-2-1-3-17(14)18/h1-4,12-13,15,19-20,23-26H,5-11H2,(H,27,29)(H,30,31)/t19-,20-/m0/s1. The molecule has 1 saturated heterocycles. The van der Waals surface area contributed by atoms with Gasteiger partial charge < -0.3 is 31.5 Å². The molecule has 0 unspecified atom stereocenters. The predicted molar refractivity (Wildman–Crippen MR) is 117 cm³/mol. The minimum atomic E-state index is -1.20. The summed E-state index contributed by atoms with van der Waals surface area (Å²) in [6.45, 7) is 1.73. The van der Waals surface area contributed by atoms with Crippen LogP contribution in [0.1, 0.15) is 31.2 Å². The molecule has 2 atom stereocenters. The fourth-order valence-electron chi connectivity index (χ4n) is 3.91. The number of fused-ring (bicyclic) bond motifs is 1. The maximum Gasteiger partial charge on any atom is 0.326 e. The number of carboxylic acids is 1. The maximum absolute atomic E-state index is 13.1. The Hall–Kier alpha value is -3.04. The fourth-order valence-corrected chi connectivity index (χ4v) is 3.91. The molecule has 1 fully saturated rings. The molecular weight excluding hydrogens is 398 g/mol. The molecule has 1 aliphatic heterocycles. The first kappa shape index (κ1) is 22.6. The molecule has 2 heterocycles. The lowest BCUT2D eigenvalue weighted by Crippen LogP contribution is -2.55. The number of H-pyrrole nitrogens is 1. The number of nitrogens with one attached hydrogen (secondary N) is 5. The van der Waals surface area contributed by atoms with E-state index in [2.05, 4.69) is 20.9 Å². The van der Waals surface area contributed by atoms with E-state index < -0.39 is 29.7 Å². The predicted octanol–water partition coefficient (Wildman–Crippen LogP) is 0.989. The number of aliphatic carboxylic acids is 1. The van der Waals surface area contributed by atoms with Gasteiger partial charge in [-0.3, -0.25) is 9.59 Å². The summed E-state index contributed by atoms with van der Waals surface area (Å²) >= 11 is 0. The number of carboxylic acid groups (broad SMARTS) is 1. The number of rotatable bonds is 11. The molecule has 1 amide bonds. The number of aromatic nitrogens is 1. The van der Waals surface area contributed by atoms with Crippen LogP contribution in [0.5, 0.6) is 0 Å². The van der Waals surface area contributed by atoms with Gasteiger partial charge in [0.2, 0.25) is 5.91 Å². The first-order valence-corrected chi connectivity index (χ1v) is 10.6. The van der Waals surface area contributed by atoms with Crippen molar-refractivity contribution in [3.05, 3.63) is 36.0 Å². The molecule has 0 aliphatic carbocycles. The fraction of sp³-hybridized carbons (Fsp3) is 0.455. The van der Waals surface area contributed by atoms with Gasteiger partial charge in [0, 0.05) is 29.6 Å².